The standard InChI is InChI=1S/C19H24N4O/c1-14-5-7-16(8-6-14)12-21-19-20-10-9-17(22-19)18(24)23-11-3-4-15(2)13-23/h5-10,15H,3-4,11-13H2,1-2H3,(H,20,21,22). The second-order valence-corrected chi connectivity index (χ2v) is 6.60. The van der Waals surface area contributed by atoms with E-state index in [1.54, 1.807) is 12.3 Å². The van der Waals surface area contributed by atoms with E-state index >= 15 is 0 Å². The van der Waals surface area contributed by atoms with Crippen molar-refractivity contribution in [2.24, 2.45) is 5.92 Å². The highest BCUT2D eigenvalue weighted by molar-refractivity contribution is 5.92. The Morgan fingerprint density at radius 2 is 2.08 bits per heavy atom. The lowest BCUT2D eigenvalue weighted by atomic mass is 10.00. The lowest BCUT2D eigenvalue weighted by molar-refractivity contribution is 0.0677. The van der Waals surface area contributed by atoms with Crippen molar-refractivity contribution in [1.82, 2.24) is 14.9 Å². The maximum atomic E-state index is 12.6. The average molecular weight is 324 g/mol. The van der Waals surface area contributed by atoms with Gasteiger partial charge < -0.3 is 10.2 Å². The summed E-state index contributed by atoms with van der Waals surface area (Å²) < 4.78 is 0. The topological polar surface area (TPSA) is 58.1 Å². The molecule has 0 aliphatic carbocycles. The molecule has 2 aromatic rings. The number of rotatable bonds is 4. The van der Waals surface area contributed by atoms with Crippen LogP contribution in [0.4, 0.5) is 5.95 Å². The summed E-state index contributed by atoms with van der Waals surface area (Å²) in [6.07, 6.45) is 3.90. The highest BCUT2D eigenvalue weighted by Gasteiger charge is 2.23. The van der Waals surface area contributed by atoms with Crippen LogP contribution in [0.25, 0.3) is 0 Å². The summed E-state index contributed by atoms with van der Waals surface area (Å²) in [4.78, 5) is 23.1. The Balaban J connectivity index is 1.65. The third-order valence-corrected chi connectivity index (χ3v) is 4.39. The van der Waals surface area contributed by atoms with Gasteiger partial charge >= 0.3 is 0 Å². The van der Waals surface area contributed by atoms with E-state index in [2.05, 4.69) is 53.4 Å². The molecule has 2 heterocycles. The molecule has 24 heavy (non-hydrogen) atoms. The average Bonchev–Trinajstić information content (AvgIpc) is 2.61. The van der Waals surface area contributed by atoms with E-state index in [0.717, 1.165) is 25.1 Å². The number of aromatic nitrogens is 2. The number of carbonyl (C=O) groups excluding carboxylic acids is 1. The van der Waals surface area contributed by atoms with Crippen molar-refractivity contribution in [3.63, 3.8) is 0 Å². The number of carbonyl (C=O) groups is 1. The number of hydrogen-bond acceptors (Lipinski definition) is 4. The molecule has 0 spiro atoms. The van der Waals surface area contributed by atoms with Gasteiger partial charge in [-0.2, -0.15) is 0 Å². The second kappa shape index (κ2) is 7.43. The maximum absolute atomic E-state index is 12.6. The fourth-order valence-corrected chi connectivity index (χ4v) is 2.99. The van der Waals surface area contributed by atoms with Gasteiger partial charge in [0, 0.05) is 25.8 Å². The number of amides is 1. The van der Waals surface area contributed by atoms with E-state index in [1.807, 2.05) is 4.90 Å². The van der Waals surface area contributed by atoms with Gasteiger partial charge in [-0.05, 0) is 37.3 Å². The van der Waals surface area contributed by atoms with E-state index in [1.165, 1.54) is 12.0 Å². The van der Waals surface area contributed by atoms with Crippen LogP contribution in [0.1, 0.15) is 41.4 Å². The number of anilines is 1. The molecule has 1 aromatic heterocycles. The zero-order valence-electron chi connectivity index (χ0n) is 14.3. The van der Waals surface area contributed by atoms with E-state index in [9.17, 15) is 4.79 Å². The number of benzene rings is 1. The minimum Gasteiger partial charge on any atom is -0.350 e. The van der Waals surface area contributed by atoms with Crippen molar-refractivity contribution in [2.45, 2.75) is 33.2 Å². The summed E-state index contributed by atoms with van der Waals surface area (Å²) in [7, 11) is 0. The van der Waals surface area contributed by atoms with Gasteiger partial charge in [0.1, 0.15) is 5.69 Å². The third-order valence-electron chi connectivity index (χ3n) is 4.39. The molecular weight excluding hydrogens is 300 g/mol. The highest BCUT2D eigenvalue weighted by Crippen LogP contribution is 2.17. The number of nitrogens with one attached hydrogen (secondary N) is 1. The molecule has 1 fully saturated rings. The lowest BCUT2D eigenvalue weighted by Crippen LogP contribution is -2.39. The summed E-state index contributed by atoms with van der Waals surface area (Å²) in [5.41, 5.74) is 2.86. The van der Waals surface area contributed by atoms with E-state index in [-0.39, 0.29) is 5.91 Å². The molecule has 1 aromatic carbocycles. The first kappa shape index (κ1) is 16.4. The van der Waals surface area contributed by atoms with Crippen molar-refractivity contribution >= 4 is 11.9 Å². The minimum absolute atomic E-state index is 0.00216. The summed E-state index contributed by atoms with van der Waals surface area (Å²) in [5, 5.41) is 3.19. The van der Waals surface area contributed by atoms with Crippen LogP contribution in [0.5, 0.6) is 0 Å². The van der Waals surface area contributed by atoms with Crippen molar-refractivity contribution < 1.29 is 4.79 Å². The molecule has 5 nitrogen and oxygen atoms in total. The predicted octanol–water partition coefficient (Wildman–Crippen LogP) is 3.27. The van der Waals surface area contributed by atoms with E-state index < -0.39 is 0 Å². The van der Waals surface area contributed by atoms with Crippen LogP contribution in [-0.4, -0.2) is 33.9 Å². The quantitative estimate of drug-likeness (QED) is 0.938. The highest BCUT2D eigenvalue weighted by atomic mass is 16.2. The molecule has 0 radical (unpaired) electrons. The molecule has 0 saturated carbocycles. The van der Waals surface area contributed by atoms with Crippen LogP contribution in [0.2, 0.25) is 0 Å². The molecule has 1 N–H and O–H groups in total. The Hall–Kier alpha value is -2.43. The zero-order valence-corrected chi connectivity index (χ0v) is 14.3. The summed E-state index contributed by atoms with van der Waals surface area (Å²) >= 11 is 0. The fourth-order valence-electron chi connectivity index (χ4n) is 2.99. The number of likely N-dealkylation sites (tertiary alicyclic amines) is 1. The SMILES string of the molecule is Cc1ccc(CNc2nccc(C(=O)N3CCCC(C)C3)n2)cc1. The van der Waals surface area contributed by atoms with Crippen molar-refractivity contribution in [3.05, 3.63) is 53.3 Å². The Morgan fingerprint density at radius 1 is 1.29 bits per heavy atom. The molecule has 1 amide bonds. The van der Waals surface area contributed by atoms with Gasteiger partial charge in [-0.15, -0.1) is 0 Å². The predicted molar refractivity (Wildman–Crippen MR) is 94.8 cm³/mol. The molecule has 1 atom stereocenters. The Bertz CT molecular complexity index is 699. The molecule has 1 aliphatic rings. The Kier molecular flexibility index (Phi) is 5.08. The normalized spacial score (nSPS) is 17.6. The lowest BCUT2D eigenvalue weighted by Gasteiger charge is -2.30. The second-order valence-electron chi connectivity index (χ2n) is 6.60. The maximum Gasteiger partial charge on any atom is 0.272 e. The van der Waals surface area contributed by atoms with Crippen LogP contribution in [0, 0.1) is 12.8 Å². The molecule has 0 bridgehead atoms. The molecule has 1 unspecified atom stereocenters. The van der Waals surface area contributed by atoms with Crippen molar-refractivity contribution in [1.29, 1.82) is 0 Å². The largest absolute Gasteiger partial charge is 0.350 e. The van der Waals surface area contributed by atoms with Crippen molar-refractivity contribution in [2.75, 3.05) is 18.4 Å². The third kappa shape index (κ3) is 4.10. The molecule has 126 valence electrons. The molecule has 1 aliphatic heterocycles. The fraction of sp³-hybridized carbons (Fsp3) is 0.421. The summed E-state index contributed by atoms with van der Waals surface area (Å²) in [6, 6.07) is 10.0. The smallest absolute Gasteiger partial charge is 0.272 e. The van der Waals surface area contributed by atoms with Gasteiger partial charge in [0.25, 0.3) is 5.91 Å². The van der Waals surface area contributed by atoms with E-state index in [0.29, 0.717) is 24.1 Å². The van der Waals surface area contributed by atoms with Crippen LogP contribution < -0.4 is 5.32 Å². The number of piperidine rings is 1. The molecule has 5 heteroatoms. The van der Waals surface area contributed by atoms with Crippen LogP contribution in [0.15, 0.2) is 36.5 Å². The molecule has 1 saturated heterocycles. The first-order chi connectivity index (χ1) is 11.6. The minimum atomic E-state index is 0.00216. The Labute approximate surface area is 143 Å². The van der Waals surface area contributed by atoms with Gasteiger partial charge in [0.05, 0.1) is 0 Å². The van der Waals surface area contributed by atoms with Gasteiger partial charge in [-0.1, -0.05) is 36.8 Å². The number of hydrogen-bond donors (Lipinski definition) is 1. The molecular formula is C19H24N4O. The Morgan fingerprint density at radius 3 is 2.83 bits per heavy atom. The monoisotopic (exact) mass is 324 g/mol. The van der Waals surface area contributed by atoms with Gasteiger partial charge in [0.2, 0.25) is 5.95 Å². The number of nitrogens with zero attached hydrogens (tertiary/aromatic N) is 3. The van der Waals surface area contributed by atoms with Gasteiger partial charge in [-0.3, -0.25) is 4.79 Å². The van der Waals surface area contributed by atoms with Crippen LogP contribution in [0.3, 0.4) is 0 Å². The van der Waals surface area contributed by atoms with Crippen LogP contribution >= 0.6 is 0 Å². The first-order valence-corrected chi connectivity index (χ1v) is 8.53. The van der Waals surface area contributed by atoms with Gasteiger partial charge in [0.15, 0.2) is 0 Å². The van der Waals surface area contributed by atoms with Gasteiger partial charge in [-0.25, -0.2) is 9.97 Å². The summed E-state index contributed by atoms with van der Waals surface area (Å²) in [5.74, 6) is 1.05. The summed E-state index contributed by atoms with van der Waals surface area (Å²) in [6.45, 7) is 6.53. The van der Waals surface area contributed by atoms with E-state index in [4.69, 9.17) is 0 Å². The van der Waals surface area contributed by atoms with Crippen LogP contribution in [-0.2, 0) is 6.54 Å². The first-order valence-electron chi connectivity index (χ1n) is 8.53. The number of aryl methyl sites for hydroxylation is 1. The molecule has 3 rings (SSSR count). The zero-order chi connectivity index (χ0) is 16.9. The van der Waals surface area contributed by atoms with Crippen molar-refractivity contribution in [3.8, 4) is 0 Å².